The van der Waals surface area contributed by atoms with Crippen LogP contribution in [0.4, 0.5) is 0 Å². The molecule has 1 unspecified atom stereocenters. The molecule has 3 atom stereocenters. The lowest BCUT2D eigenvalue weighted by atomic mass is 9.84. The lowest BCUT2D eigenvalue weighted by molar-refractivity contribution is 0.0990. The standard InChI is InChI=1S/C16H22N2O2/c17-16(20)12-3-1-2-11(8-12)13-9-14-4-5-15(10-13)18(14)6-7-19/h1-3,8,13-15,19H,4-7,9-10H2,(H2,17,20)/t13?,14-,15+. The predicted molar refractivity (Wildman–Crippen MR) is 77.5 cm³/mol. The number of aliphatic hydroxyl groups excluding tert-OH is 1. The van der Waals surface area contributed by atoms with Crippen molar-refractivity contribution < 1.29 is 9.90 Å². The number of carbonyl (C=O) groups is 1. The zero-order chi connectivity index (χ0) is 14.1. The number of fused-ring (bicyclic) bond motifs is 2. The average molecular weight is 274 g/mol. The molecule has 4 nitrogen and oxygen atoms in total. The number of nitrogens with two attached hydrogens (primary N) is 1. The molecule has 1 aromatic carbocycles. The van der Waals surface area contributed by atoms with Gasteiger partial charge in [-0.1, -0.05) is 12.1 Å². The second-order valence-corrected chi connectivity index (χ2v) is 6.00. The zero-order valence-electron chi connectivity index (χ0n) is 11.7. The number of rotatable bonds is 4. The van der Waals surface area contributed by atoms with E-state index in [0.717, 1.165) is 19.4 Å². The van der Waals surface area contributed by atoms with Gasteiger partial charge in [0.15, 0.2) is 0 Å². The van der Waals surface area contributed by atoms with Crippen molar-refractivity contribution in [1.82, 2.24) is 4.90 Å². The van der Waals surface area contributed by atoms with Crippen LogP contribution in [0.3, 0.4) is 0 Å². The highest BCUT2D eigenvalue weighted by molar-refractivity contribution is 5.92. The fourth-order valence-corrected chi connectivity index (χ4v) is 3.97. The molecule has 0 aromatic heterocycles. The number of aliphatic hydroxyl groups is 1. The van der Waals surface area contributed by atoms with Crippen molar-refractivity contribution in [3.63, 3.8) is 0 Å². The molecule has 2 fully saturated rings. The summed E-state index contributed by atoms with van der Waals surface area (Å²) in [6.45, 7) is 1.04. The van der Waals surface area contributed by atoms with Gasteiger partial charge in [0.2, 0.25) is 5.91 Å². The van der Waals surface area contributed by atoms with Gasteiger partial charge in [0.05, 0.1) is 6.61 Å². The van der Waals surface area contributed by atoms with Crippen molar-refractivity contribution in [3.8, 4) is 0 Å². The Labute approximate surface area is 119 Å². The molecule has 0 saturated carbocycles. The van der Waals surface area contributed by atoms with Crippen LogP contribution in [0.5, 0.6) is 0 Å². The first-order valence-electron chi connectivity index (χ1n) is 7.45. The van der Waals surface area contributed by atoms with Crippen LogP contribution in [-0.2, 0) is 0 Å². The van der Waals surface area contributed by atoms with Crippen LogP contribution in [0.15, 0.2) is 24.3 Å². The highest BCUT2D eigenvalue weighted by Gasteiger charge is 2.40. The highest BCUT2D eigenvalue weighted by Crippen LogP contribution is 2.42. The van der Waals surface area contributed by atoms with E-state index in [1.807, 2.05) is 12.1 Å². The van der Waals surface area contributed by atoms with E-state index >= 15 is 0 Å². The van der Waals surface area contributed by atoms with E-state index in [1.54, 1.807) is 6.07 Å². The van der Waals surface area contributed by atoms with E-state index in [-0.39, 0.29) is 12.5 Å². The first-order valence-corrected chi connectivity index (χ1v) is 7.45. The number of hydrogen-bond acceptors (Lipinski definition) is 3. The fourth-order valence-electron chi connectivity index (χ4n) is 3.97. The number of nitrogens with zero attached hydrogens (tertiary/aromatic N) is 1. The average Bonchev–Trinajstić information content (AvgIpc) is 2.70. The van der Waals surface area contributed by atoms with Crippen molar-refractivity contribution in [2.75, 3.05) is 13.2 Å². The maximum absolute atomic E-state index is 11.3. The molecule has 1 aromatic rings. The summed E-state index contributed by atoms with van der Waals surface area (Å²) in [5, 5.41) is 9.17. The van der Waals surface area contributed by atoms with Crippen LogP contribution < -0.4 is 5.73 Å². The fraction of sp³-hybridized carbons (Fsp3) is 0.562. The maximum atomic E-state index is 11.3. The Kier molecular flexibility index (Phi) is 3.76. The van der Waals surface area contributed by atoms with Crippen molar-refractivity contribution in [2.24, 2.45) is 5.73 Å². The molecule has 1 amide bonds. The molecular weight excluding hydrogens is 252 g/mol. The number of amides is 1. The predicted octanol–water partition coefficient (Wildman–Crippen LogP) is 1.49. The van der Waals surface area contributed by atoms with Crippen molar-refractivity contribution >= 4 is 5.91 Å². The Morgan fingerprint density at radius 1 is 1.30 bits per heavy atom. The van der Waals surface area contributed by atoms with E-state index in [2.05, 4.69) is 11.0 Å². The number of primary amides is 1. The lowest BCUT2D eigenvalue weighted by Gasteiger charge is -2.39. The highest BCUT2D eigenvalue weighted by atomic mass is 16.3. The lowest BCUT2D eigenvalue weighted by Crippen LogP contribution is -2.43. The molecule has 20 heavy (non-hydrogen) atoms. The third-order valence-corrected chi connectivity index (χ3v) is 4.89. The monoisotopic (exact) mass is 274 g/mol. The topological polar surface area (TPSA) is 66.6 Å². The summed E-state index contributed by atoms with van der Waals surface area (Å²) < 4.78 is 0. The van der Waals surface area contributed by atoms with Gasteiger partial charge in [-0.25, -0.2) is 0 Å². The molecule has 2 heterocycles. The van der Waals surface area contributed by atoms with Crippen LogP contribution in [0.2, 0.25) is 0 Å². The minimum atomic E-state index is -0.354. The molecule has 0 aliphatic carbocycles. The Bertz CT molecular complexity index is 489. The number of hydrogen-bond donors (Lipinski definition) is 2. The molecule has 3 N–H and O–H groups in total. The molecule has 0 radical (unpaired) electrons. The van der Waals surface area contributed by atoms with E-state index < -0.39 is 0 Å². The third kappa shape index (κ3) is 2.45. The molecule has 0 spiro atoms. The summed E-state index contributed by atoms with van der Waals surface area (Å²) in [7, 11) is 0. The number of benzene rings is 1. The third-order valence-electron chi connectivity index (χ3n) is 4.89. The quantitative estimate of drug-likeness (QED) is 0.874. The molecule has 3 rings (SSSR count). The van der Waals surface area contributed by atoms with Crippen LogP contribution in [0, 0.1) is 0 Å². The van der Waals surface area contributed by atoms with Gasteiger partial charge < -0.3 is 10.8 Å². The van der Waals surface area contributed by atoms with E-state index in [1.165, 1.54) is 18.4 Å². The maximum Gasteiger partial charge on any atom is 0.248 e. The van der Waals surface area contributed by atoms with Gasteiger partial charge in [-0.3, -0.25) is 9.69 Å². The molecule has 4 heteroatoms. The molecular formula is C16H22N2O2. The van der Waals surface area contributed by atoms with Crippen LogP contribution in [0.25, 0.3) is 0 Å². The van der Waals surface area contributed by atoms with Crippen molar-refractivity contribution in [2.45, 2.75) is 43.7 Å². The Balaban J connectivity index is 1.77. The summed E-state index contributed by atoms with van der Waals surface area (Å²) in [6.07, 6.45) is 4.71. The number of carbonyl (C=O) groups excluding carboxylic acids is 1. The molecule has 108 valence electrons. The van der Waals surface area contributed by atoms with Crippen LogP contribution in [0.1, 0.15) is 47.5 Å². The molecule has 2 saturated heterocycles. The van der Waals surface area contributed by atoms with Gasteiger partial charge >= 0.3 is 0 Å². The molecule has 2 aliphatic heterocycles. The smallest absolute Gasteiger partial charge is 0.248 e. The Morgan fingerprint density at radius 3 is 2.60 bits per heavy atom. The normalized spacial score (nSPS) is 29.6. The minimum Gasteiger partial charge on any atom is -0.395 e. The summed E-state index contributed by atoms with van der Waals surface area (Å²) in [5.74, 6) is 0.161. The molecule has 2 aliphatic rings. The van der Waals surface area contributed by atoms with Crippen molar-refractivity contribution in [1.29, 1.82) is 0 Å². The summed E-state index contributed by atoms with van der Waals surface area (Å²) in [6, 6.07) is 8.94. The van der Waals surface area contributed by atoms with Crippen LogP contribution in [-0.4, -0.2) is 41.1 Å². The Hall–Kier alpha value is -1.39. The van der Waals surface area contributed by atoms with Crippen LogP contribution >= 0.6 is 0 Å². The largest absolute Gasteiger partial charge is 0.395 e. The van der Waals surface area contributed by atoms with Gasteiger partial charge in [0, 0.05) is 24.2 Å². The second kappa shape index (κ2) is 5.54. The van der Waals surface area contributed by atoms with Crippen molar-refractivity contribution in [3.05, 3.63) is 35.4 Å². The second-order valence-electron chi connectivity index (χ2n) is 6.00. The minimum absolute atomic E-state index is 0.245. The van der Waals surface area contributed by atoms with Gasteiger partial charge in [0.1, 0.15) is 0 Å². The van der Waals surface area contributed by atoms with E-state index in [9.17, 15) is 4.79 Å². The summed E-state index contributed by atoms with van der Waals surface area (Å²) in [5.41, 5.74) is 7.21. The van der Waals surface area contributed by atoms with E-state index in [4.69, 9.17) is 10.8 Å². The van der Waals surface area contributed by atoms with Gasteiger partial charge in [-0.2, -0.15) is 0 Å². The first kappa shape index (κ1) is 13.6. The van der Waals surface area contributed by atoms with Gasteiger partial charge in [-0.05, 0) is 49.3 Å². The number of piperidine rings is 1. The first-order chi connectivity index (χ1) is 9.69. The molecule has 2 bridgehead atoms. The van der Waals surface area contributed by atoms with E-state index in [0.29, 0.717) is 23.6 Å². The SMILES string of the molecule is NC(=O)c1cccc(C2C[C@H]3CC[C@@H](C2)N3CCO)c1. The summed E-state index contributed by atoms with van der Waals surface area (Å²) >= 11 is 0. The summed E-state index contributed by atoms with van der Waals surface area (Å²) in [4.78, 5) is 13.8. The zero-order valence-corrected chi connectivity index (χ0v) is 11.7. The Morgan fingerprint density at radius 2 is 2.00 bits per heavy atom. The van der Waals surface area contributed by atoms with Gasteiger partial charge in [0.25, 0.3) is 0 Å². The van der Waals surface area contributed by atoms with Gasteiger partial charge in [-0.15, -0.1) is 0 Å².